The van der Waals surface area contributed by atoms with Crippen molar-refractivity contribution < 1.29 is 9.59 Å². The molecule has 0 radical (unpaired) electrons. The summed E-state index contributed by atoms with van der Waals surface area (Å²) in [6.45, 7) is 3.77. The number of nitrogens with one attached hydrogen (secondary N) is 1. The Hall–Kier alpha value is -2.35. The van der Waals surface area contributed by atoms with Crippen molar-refractivity contribution in [1.82, 2.24) is 10.2 Å². The summed E-state index contributed by atoms with van der Waals surface area (Å²) in [7, 11) is 0. The molecule has 92 valence electrons. The van der Waals surface area contributed by atoms with Crippen molar-refractivity contribution >= 4 is 11.9 Å². The van der Waals surface area contributed by atoms with Gasteiger partial charge in [-0.3, -0.25) is 9.69 Å². The van der Waals surface area contributed by atoms with E-state index in [-0.39, 0.29) is 11.9 Å². The number of likely N-dealkylation sites (N-methyl/N-ethyl adjacent to an activating group) is 1. The lowest BCUT2D eigenvalue weighted by molar-refractivity contribution is -0.130. The van der Waals surface area contributed by atoms with Crippen LogP contribution < -0.4 is 5.32 Å². The van der Waals surface area contributed by atoms with Gasteiger partial charge in [0.1, 0.15) is 5.54 Å². The van der Waals surface area contributed by atoms with Gasteiger partial charge in [0.25, 0.3) is 5.91 Å². The molecule has 5 heteroatoms. The van der Waals surface area contributed by atoms with Crippen molar-refractivity contribution in [2.45, 2.75) is 19.4 Å². The summed E-state index contributed by atoms with van der Waals surface area (Å²) in [5.41, 5.74) is 0.156. The summed E-state index contributed by atoms with van der Waals surface area (Å²) in [6.07, 6.45) is 0. The molecule has 18 heavy (non-hydrogen) atoms. The Bertz CT molecular complexity index is 544. The Balaban J connectivity index is 2.40. The SMILES string of the molecule is CCN1C(=O)NC(C)(c2ccc(C#N)cc2)C1=O. The van der Waals surface area contributed by atoms with Crippen molar-refractivity contribution in [3.05, 3.63) is 35.4 Å². The van der Waals surface area contributed by atoms with E-state index in [2.05, 4.69) is 5.32 Å². The maximum absolute atomic E-state index is 12.2. The molecule has 1 N–H and O–H groups in total. The third-order valence-corrected chi connectivity index (χ3v) is 3.18. The fourth-order valence-corrected chi connectivity index (χ4v) is 2.06. The van der Waals surface area contributed by atoms with Gasteiger partial charge in [0, 0.05) is 6.54 Å². The van der Waals surface area contributed by atoms with E-state index in [1.165, 1.54) is 4.90 Å². The zero-order valence-electron chi connectivity index (χ0n) is 10.2. The lowest BCUT2D eigenvalue weighted by Crippen LogP contribution is -2.40. The van der Waals surface area contributed by atoms with Crippen molar-refractivity contribution in [3.8, 4) is 6.07 Å². The average molecular weight is 243 g/mol. The summed E-state index contributed by atoms with van der Waals surface area (Å²) < 4.78 is 0. The molecule has 1 unspecified atom stereocenters. The van der Waals surface area contributed by atoms with Gasteiger partial charge in [-0.1, -0.05) is 12.1 Å². The van der Waals surface area contributed by atoms with E-state index in [1.54, 1.807) is 38.1 Å². The fraction of sp³-hybridized carbons (Fsp3) is 0.308. The minimum atomic E-state index is -1.04. The molecule has 1 aliphatic rings. The van der Waals surface area contributed by atoms with Crippen molar-refractivity contribution in [3.63, 3.8) is 0 Å². The number of nitrogens with zero attached hydrogens (tertiary/aromatic N) is 2. The second-order valence-electron chi connectivity index (χ2n) is 4.29. The number of rotatable bonds is 2. The van der Waals surface area contributed by atoms with Crippen molar-refractivity contribution in [1.29, 1.82) is 5.26 Å². The van der Waals surface area contributed by atoms with Crippen LogP contribution in [0.1, 0.15) is 25.0 Å². The van der Waals surface area contributed by atoms with Crippen LogP contribution in [0.5, 0.6) is 0 Å². The van der Waals surface area contributed by atoms with Crippen LogP contribution in [0.15, 0.2) is 24.3 Å². The highest BCUT2D eigenvalue weighted by Gasteiger charge is 2.48. The minimum Gasteiger partial charge on any atom is -0.319 e. The lowest BCUT2D eigenvalue weighted by atomic mass is 9.91. The van der Waals surface area contributed by atoms with E-state index in [4.69, 9.17) is 5.26 Å². The monoisotopic (exact) mass is 243 g/mol. The number of urea groups is 1. The second-order valence-corrected chi connectivity index (χ2v) is 4.29. The molecule has 3 amide bonds. The van der Waals surface area contributed by atoms with Gasteiger partial charge in [-0.15, -0.1) is 0 Å². The molecular weight excluding hydrogens is 230 g/mol. The highest BCUT2D eigenvalue weighted by Crippen LogP contribution is 2.28. The third-order valence-electron chi connectivity index (χ3n) is 3.18. The maximum atomic E-state index is 12.2. The van der Waals surface area contributed by atoms with Gasteiger partial charge in [0.05, 0.1) is 11.6 Å². The number of nitriles is 1. The number of imide groups is 1. The van der Waals surface area contributed by atoms with Crippen molar-refractivity contribution in [2.24, 2.45) is 0 Å². The smallest absolute Gasteiger partial charge is 0.319 e. The van der Waals surface area contributed by atoms with Gasteiger partial charge in [-0.05, 0) is 31.5 Å². The Morgan fingerprint density at radius 3 is 2.39 bits per heavy atom. The van der Waals surface area contributed by atoms with Crippen LogP contribution in [0.4, 0.5) is 4.79 Å². The van der Waals surface area contributed by atoms with Gasteiger partial charge in [0.2, 0.25) is 0 Å². The highest BCUT2D eigenvalue weighted by atomic mass is 16.2. The van der Waals surface area contributed by atoms with Gasteiger partial charge >= 0.3 is 6.03 Å². The number of carbonyl (C=O) groups excluding carboxylic acids is 2. The molecule has 0 saturated carbocycles. The first-order valence-electron chi connectivity index (χ1n) is 5.67. The first-order chi connectivity index (χ1) is 8.52. The van der Waals surface area contributed by atoms with Crippen LogP contribution in [0.25, 0.3) is 0 Å². The molecule has 1 fully saturated rings. The molecule has 1 heterocycles. The van der Waals surface area contributed by atoms with Gasteiger partial charge in [-0.25, -0.2) is 4.79 Å². The number of benzene rings is 1. The molecule has 1 saturated heterocycles. The van der Waals surface area contributed by atoms with Crippen LogP contribution in [-0.4, -0.2) is 23.4 Å². The van der Waals surface area contributed by atoms with Crippen LogP contribution in [-0.2, 0) is 10.3 Å². The summed E-state index contributed by atoms with van der Waals surface area (Å²) in [5, 5.41) is 11.4. The quantitative estimate of drug-likeness (QED) is 0.797. The average Bonchev–Trinajstić information content (AvgIpc) is 2.61. The molecule has 5 nitrogen and oxygen atoms in total. The predicted molar refractivity (Wildman–Crippen MR) is 64.4 cm³/mol. The Kier molecular flexibility index (Phi) is 2.79. The number of carbonyl (C=O) groups is 2. The van der Waals surface area contributed by atoms with E-state index in [9.17, 15) is 9.59 Å². The fourth-order valence-electron chi connectivity index (χ4n) is 2.06. The largest absolute Gasteiger partial charge is 0.325 e. The normalized spacial score (nSPS) is 22.8. The van der Waals surface area contributed by atoms with Crippen LogP contribution >= 0.6 is 0 Å². The van der Waals surface area contributed by atoms with Gasteiger partial charge in [-0.2, -0.15) is 5.26 Å². The summed E-state index contributed by atoms with van der Waals surface area (Å²) in [5.74, 6) is -0.264. The second kappa shape index (κ2) is 4.15. The molecule has 1 aromatic rings. The number of amides is 3. The first kappa shape index (κ1) is 12.1. The zero-order valence-corrected chi connectivity index (χ0v) is 10.2. The van der Waals surface area contributed by atoms with E-state index in [1.807, 2.05) is 6.07 Å². The number of hydrogen-bond donors (Lipinski definition) is 1. The lowest BCUT2D eigenvalue weighted by Gasteiger charge is -2.21. The molecule has 1 aliphatic heterocycles. The minimum absolute atomic E-state index is 0.264. The zero-order chi connectivity index (χ0) is 13.3. The Labute approximate surface area is 105 Å². The van der Waals surface area contributed by atoms with Crippen LogP contribution in [0, 0.1) is 11.3 Å². The van der Waals surface area contributed by atoms with Crippen molar-refractivity contribution in [2.75, 3.05) is 6.54 Å². The molecule has 0 aliphatic carbocycles. The molecule has 0 spiro atoms. The standard InChI is InChI=1S/C13H13N3O2/c1-3-16-11(17)13(2,15-12(16)18)10-6-4-9(8-14)5-7-10/h4-7H,3H2,1-2H3,(H,15,18). The van der Waals surface area contributed by atoms with Crippen LogP contribution in [0.2, 0.25) is 0 Å². The van der Waals surface area contributed by atoms with Gasteiger partial charge < -0.3 is 5.32 Å². The van der Waals surface area contributed by atoms with E-state index < -0.39 is 5.54 Å². The first-order valence-corrected chi connectivity index (χ1v) is 5.67. The maximum Gasteiger partial charge on any atom is 0.325 e. The Morgan fingerprint density at radius 1 is 1.33 bits per heavy atom. The van der Waals surface area contributed by atoms with E-state index >= 15 is 0 Å². The predicted octanol–water partition coefficient (Wildman–Crippen LogP) is 1.35. The van der Waals surface area contributed by atoms with E-state index in [0.29, 0.717) is 17.7 Å². The summed E-state index contributed by atoms with van der Waals surface area (Å²) >= 11 is 0. The topological polar surface area (TPSA) is 73.2 Å². The molecule has 0 aromatic heterocycles. The Morgan fingerprint density at radius 2 is 1.94 bits per heavy atom. The molecule has 1 aromatic carbocycles. The highest BCUT2D eigenvalue weighted by molar-refractivity contribution is 6.07. The van der Waals surface area contributed by atoms with Gasteiger partial charge in [0.15, 0.2) is 0 Å². The molecule has 0 bridgehead atoms. The van der Waals surface area contributed by atoms with Crippen LogP contribution in [0.3, 0.4) is 0 Å². The number of hydrogen-bond acceptors (Lipinski definition) is 3. The third kappa shape index (κ3) is 1.63. The van der Waals surface area contributed by atoms with E-state index in [0.717, 1.165) is 0 Å². The molecule has 2 rings (SSSR count). The molecule has 1 atom stereocenters. The summed E-state index contributed by atoms with van der Waals surface area (Å²) in [4.78, 5) is 25.0. The molecular formula is C13H13N3O2. The summed E-state index contributed by atoms with van der Waals surface area (Å²) in [6, 6.07) is 8.28.